The number of hydrogen-bond donors (Lipinski definition) is 1. The zero-order valence-corrected chi connectivity index (χ0v) is 16.8. The van der Waals surface area contributed by atoms with Gasteiger partial charge in [0.05, 0.1) is 11.5 Å². The summed E-state index contributed by atoms with van der Waals surface area (Å²) in [5.74, 6) is -1.84. The first-order chi connectivity index (χ1) is 12.7. The first-order valence-electron chi connectivity index (χ1n) is 9.16. The van der Waals surface area contributed by atoms with Crippen LogP contribution in [0.5, 0.6) is 0 Å². The maximum atomic E-state index is 13.2. The molecule has 2 aromatic rings. The number of nitrogens with zero attached hydrogens (tertiary/aromatic N) is 2. The largest absolute Gasteiger partial charge is 0.481 e. The second-order valence-corrected chi connectivity index (χ2v) is 8.00. The summed E-state index contributed by atoms with van der Waals surface area (Å²) >= 11 is 5.95. The molecule has 0 bridgehead atoms. The van der Waals surface area contributed by atoms with Crippen molar-refractivity contribution in [2.75, 3.05) is 13.1 Å². The van der Waals surface area contributed by atoms with Crippen LogP contribution < -0.4 is 0 Å². The molecule has 1 aliphatic heterocycles. The summed E-state index contributed by atoms with van der Waals surface area (Å²) in [5, 5.41) is 10.3. The van der Waals surface area contributed by atoms with Gasteiger partial charge in [0.2, 0.25) is 0 Å². The van der Waals surface area contributed by atoms with E-state index < -0.39 is 11.9 Å². The first-order valence-corrected chi connectivity index (χ1v) is 9.54. The number of rotatable bonds is 4. The fourth-order valence-corrected chi connectivity index (χ4v) is 4.35. The van der Waals surface area contributed by atoms with Gasteiger partial charge in [-0.3, -0.25) is 9.59 Å². The van der Waals surface area contributed by atoms with Crippen LogP contribution in [0.15, 0.2) is 30.3 Å². The Morgan fingerprint density at radius 1 is 1.15 bits per heavy atom. The van der Waals surface area contributed by atoms with Crippen LogP contribution in [0, 0.1) is 19.8 Å². The molecule has 1 aliphatic rings. The summed E-state index contributed by atoms with van der Waals surface area (Å²) < 4.78 is 2.13. The molecule has 3 rings (SSSR count). The number of aryl methyl sites for hydroxylation is 1. The molecule has 2 heterocycles. The molecular formula is C21H25ClN2O3. The molecule has 6 heteroatoms. The lowest BCUT2D eigenvalue weighted by molar-refractivity contribution is -0.141. The fourth-order valence-electron chi connectivity index (χ4n) is 4.23. The van der Waals surface area contributed by atoms with Crippen molar-refractivity contribution in [2.45, 2.75) is 39.7 Å². The Balaban J connectivity index is 1.90. The van der Waals surface area contributed by atoms with Gasteiger partial charge < -0.3 is 14.6 Å². The van der Waals surface area contributed by atoms with Gasteiger partial charge in [-0.2, -0.15) is 0 Å². The van der Waals surface area contributed by atoms with Crippen molar-refractivity contribution < 1.29 is 14.7 Å². The fraction of sp³-hybridized carbons (Fsp3) is 0.429. The highest BCUT2D eigenvalue weighted by atomic mass is 35.5. The summed E-state index contributed by atoms with van der Waals surface area (Å²) in [7, 11) is 0. The Kier molecular flexibility index (Phi) is 5.33. The highest BCUT2D eigenvalue weighted by Gasteiger charge is 2.41. The molecule has 0 spiro atoms. The van der Waals surface area contributed by atoms with E-state index in [4.69, 9.17) is 11.6 Å². The second kappa shape index (κ2) is 7.39. The molecule has 0 radical (unpaired) electrons. The minimum absolute atomic E-state index is 0.0993. The number of carbonyl (C=O) groups excluding carboxylic acids is 1. The van der Waals surface area contributed by atoms with Crippen molar-refractivity contribution in [3.8, 4) is 0 Å². The predicted molar refractivity (Wildman–Crippen MR) is 106 cm³/mol. The molecule has 144 valence electrons. The summed E-state index contributed by atoms with van der Waals surface area (Å²) in [6.07, 6.45) is 0. The Morgan fingerprint density at radius 2 is 1.78 bits per heavy atom. The van der Waals surface area contributed by atoms with Crippen LogP contribution in [0.2, 0.25) is 5.02 Å². The van der Waals surface area contributed by atoms with E-state index in [2.05, 4.69) is 18.4 Å². The molecule has 2 atom stereocenters. The number of aliphatic carboxylic acids is 1. The second-order valence-electron chi connectivity index (χ2n) is 7.56. The van der Waals surface area contributed by atoms with Gasteiger partial charge in [-0.1, -0.05) is 23.7 Å². The number of benzene rings is 1. The van der Waals surface area contributed by atoms with Crippen molar-refractivity contribution in [1.82, 2.24) is 9.47 Å². The van der Waals surface area contributed by atoms with Gasteiger partial charge in [-0.25, -0.2) is 0 Å². The predicted octanol–water partition coefficient (Wildman–Crippen LogP) is 4.28. The van der Waals surface area contributed by atoms with E-state index in [0.29, 0.717) is 17.1 Å². The lowest BCUT2D eigenvalue weighted by atomic mass is 9.89. The zero-order chi connectivity index (χ0) is 19.9. The van der Waals surface area contributed by atoms with Crippen LogP contribution in [0.1, 0.15) is 53.1 Å². The van der Waals surface area contributed by atoms with E-state index in [0.717, 1.165) is 17.0 Å². The average Bonchev–Trinajstić information content (AvgIpc) is 3.16. The average molecular weight is 389 g/mol. The Labute approximate surface area is 164 Å². The van der Waals surface area contributed by atoms with Crippen molar-refractivity contribution in [3.05, 3.63) is 57.9 Å². The van der Waals surface area contributed by atoms with Gasteiger partial charge in [-0.15, -0.1) is 0 Å². The summed E-state index contributed by atoms with van der Waals surface area (Å²) in [6, 6.07) is 9.39. The number of aromatic nitrogens is 1. The lowest BCUT2D eigenvalue weighted by Gasteiger charge is -2.18. The molecule has 0 unspecified atom stereocenters. The maximum Gasteiger partial charge on any atom is 0.308 e. The van der Waals surface area contributed by atoms with Crippen LogP contribution in [0.3, 0.4) is 0 Å². The smallest absolute Gasteiger partial charge is 0.308 e. The van der Waals surface area contributed by atoms with Crippen molar-refractivity contribution in [3.63, 3.8) is 0 Å². The maximum absolute atomic E-state index is 13.2. The molecular weight excluding hydrogens is 364 g/mol. The van der Waals surface area contributed by atoms with Crippen LogP contribution in [-0.4, -0.2) is 39.5 Å². The molecule has 27 heavy (non-hydrogen) atoms. The molecule has 1 saturated heterocycles. The third-order valence-corrected chi connectivity index (χ3v) is 5.71. The standard InChI is InChI=1S/C21H25ClN2O3/c1-12(2)24-13(3)9-17(14(24)4)20(25)23-10-18(19(11-23)21(26)27)15-5-7-16(22)8-6-15/h5-9,12,18-19H,10-11H2,1-4H3,(H,26,27)/t18-,19+/m0/s1. The van der Waals surface area contributed by atoms with Crippen molar-refractivity contribution in [1.29, 1.82) is 0 Å². The summed E-state index contributed by atoms with van der Waals surface area (Å²) in [4.78, 5) is 26.6. The number of amides is 1. The third-order valence-electron chi connectivity index (χ3n) is 5.45. The van der Waals surface area contributed by atoms with E-state index in [1.807, 2.05) is 32.0 Å². The van der Waals surface area contributed by atoms with E-state index in [-0.39, 0.29) is 24.4 Å². The molecule has 1 aromatic heterocycles. The molecule has 1 fully saturated rings. The summed E-state index contributed by atoms with van der Waals surface area (Å²) in [6.45, 7) is 8.71. The van der Waals surface area contributed by atoms with Crippen molar-refractivity contribution >= 4 is 23.5 Å². The number of halogens is 1. The molecule has 1 N–H and O–H groups in total. The minimum Gasteiger partial charge on any atom is -0.481 e. The van der Waals surface area contributed by atoms with Crippen LogP contribution in [0.25, 0.3) is 0 Å². The quantitative estimate of drug-likeness (QED) is 0.850. The van der Waals surface area contributed by atoms with E-state index in [1.54, 1.807) is 17.0 Å². The van der Waals surface area contributed by atoms with Gasteiger partial charge in [-0.05, 0) is 51.5 Å². The topological polar surface area (TPSA) is 62.5 Å². The van der Waals surface area contributed by atoms with E-state index in [9.17, 15) is 14.7 Å². The normalized spacial score (nSPS) is 19.7. The van der Waals surface area contributed by atoms with Gasteiger partial charge in [0.25, 0.3) is 5.91 Å². The van der Waals surface area contributed by atoms with Gasteiger partial charge >= 0.3 is 5.97 Å². The third kappa shape index (κ3) is 3.61. The van der Waals surface area contributed by atoms with Gasteiger partial charge in [0.1, 0.15) is 0 Å². The molecule has 1 amide bonds. The number of hydrogen-bond acceptors (Lipinski definition) is 2. The molecule has 0 saturated carbocycles. The molecule has 1 aromatic carbocycles. The van der Waals surface area contributed by atoms with E-state index in [1.165, 1.54) is 0 Å². The monoisotopic (exact) mass is 388 g/mol. The minimum atomic E-state index is -0.877. The number of carboxylic acids is 1. The Bertz CT molecular complexity index is 870. The Hall–Kier alpha value is -2.27. The van der Waals surface area contributed by atoms with Crippen LogP contribution in [-0.2, 0) is 4.79 Å². The van der Waals surface area contributed by atoms with E-state index >= 15 is 0 Å². The number of carbonyl (C=O) groups is 2. The lowest BCUT2D eigenvalue weighted by Crippen LogP contribution is -2.30. The molecule has 0 aliphatic carbocycles. The van der Waals surface area contributed by atoms with Crippen LogP contribution in [0.4, 0.5) is 0 Å². The number of likely N-dealkylation sites (tertiary alicyclic amines) is 1. The highest BCUT2D eigenvalue weighted by molar-refractivity contribution is 6.30. The Morgan fingerprint density at radius 3 is 2.30 bits per heavy atom. The van der Waals surface area contributed by atoms with Gasteiger partial charge in [0.15, 0.2) is 0 Å². The highest BCUT2D eigenvalue weighted by Crippen LogP contribution is 2.35. The SMILES string of the molecule is Cc1cc(C(=O)N2C[C@@H](C(=O)O)[C@H](c3ccc(Cl)cc3)C2)c(C)n1C(C)C. The molecule has 5 nitrogen and oxygen atoms in total. The van der Waals surface area contributed by atoms with Crippen molar-refractivity contribution in [2.24, 2.45) is 5.92 Å². The number of carboxylic acid groups (broad SMARTS) is 1. The zero-order valence-electron chi connectivity index (χ0n) is 16.1. The van der Waals surface area contributed by atoms with Crippen LogP contribution >= 0.6 is 11.6 Å². The first kappa shape index (κ1) is 19.5. The van der Waals surface area contributed by atoms with Gasteiger partial charge in [0, 0.05) is 41.5 Å². The summed E-state index contributed by atoms with van der Waals surface area (Å²) in [5.41, 5.74) is 3.51.